The average molecular weight is 355 g/mol. The summed E-state index contributed by atoms with van der Waals surface area (Å²) >= 11 is 6.14. The number of carbonyl (C=O) groups excluding carboxylic acids is 1. The molecule has 0 fully saturated rings. The fraction of sp³-hybridized carbons (Fsp3) is 0.125. The lowest BCUT2D eigenvalue weighted by Crippen LogP contribution is -2.06. The second-order valence-electron chi connectivity index (χ2n) is 4.93. The minimum Gasteiger partial charge on any atom is -0.464 e. The molecule has 2 aromatic carbocycles. The van der Waals surface area contributed by atoms with E-state index >= 15 is 0 Å². The van der Waals surface area contributed by atoms with Crippen LogP contribution >= 0.6 is 11.6 Å². The fourth-order valence-electron chi connectivity index (χ4n) is 2.36. The Morgan fingerprint density at radius 1 is 1.17 bits per heavy atom. The van der Waals surface area contributed by atoms with Crippen LogP contribution in [-0.4, -0.2) is 22.9 Å². The highest BCUT2D eigenvalue weighted by Crippen LogP contribution is 2.32. The van der Waals surface area contributed by atoms with Gasteiger partial charge in [-0.1, -0.05) is 17.7 Å². The number of halogens is 4. The van der Waals surface area contributed by atoms with Crippen molar-refractivity contribution in [3.63, 3.8) is 0 Å². The molecule has 0 radical (unpaired) electrons. The van der Waals surface area contributed by atoms with Crippen molar-refractivity contribution >= 4 is 28.5 Å². The summed E-state index contributed by atoms with van der Waals surface area (Å²) in [5, 5.41) is 4.84. The van der Waals surface area contributed by atoms with Gasteiger partial charge in [-0.05, 0) is 36.4 Å². The van der Waals surface area contributed by atoms with Gasteiger partial charge in [0.25, 0.3) is 0 Å². The van der Waals surface area contributed by atoms with E-state index in [1.54, 1.807) is 18.2 Å². The SMILES string of the molecule is COC(=O)c1nn(-c2ccc(C(F)(F)F)cc2)c2cccc(Cl)c12. The monoisotopic (exact) mass is 354 g/mol. The van der Waals surface area contributed by atoms with Crippen molar-refractivity contribution in [1.29, 1.82) is 0 Å². The number of esters is 1. The first-order chi connectivity index (χ1) is 11.3. The Bertz CT molecular complexity index is 917. The molecule has 124 valence electrons. The van der Waals surface area contributed by atoms with Gasteiger partial charge in [-0.25, -0.2) is 9.48 Å². The molecule has 0 unspecified atom stereocenters. The van der Waals surface area contributed by atoms with Gasteiger partial charge in [0.15, 0.2) is 5.69 Å². The van der Waals surface area contributed by atoms with Crippen LogP contribution in [0.15, 0.2) is 42.5 Å². The van der Waals surface area contributed by atoms with Crippen LogP contribution in [0.3, 0.4) is 0 Å². The Hall–Kier alpha value is -2.54. The topological polar surface area (TPSA) is 44.1 Å². The van der Waals surface area contributed by atoms with Crippen molar-refractivity contribution in [2.45, 2.75) is 6.18 Å². The molecule has 0 saturated heterocycles. The summed E-state index contributed by atoms with van der Waals surface area (Å²) in [5.41, 5.74) is 0.0833. The van der Waals surface area contributed by atoms with Crippen LogP contribution in [0.2, 0.25) is 5.02 Å². The minimum absolute atomic E-state index is 0.00185. The van der Waals surface area contributed by atoms with Crippen LogP contribution in [0.25, 0.3) is 16.6 Å². The van der Waals surface area contributed by atoms with E-state index in [9.17, 15) is 18.0 Å². The van der Waals surface area contributed by atoms with Crippen molar-refractivity contribution in [2.24, 2.45) is 0 Å². The molecule has 0 aliphatic heterocycles. The predicted molar refractivity (Wildman–Crippen MR) is 82.4 cm³/mol. The first-order valence-electron chi connectivity index (χ1n) is 6.76. The minimum atomic E-state index is -4.43. The number of aromatic nitrogens is 2. The Labute approximate surface area is 139 Å². The van der Waals surface area contributed by atoms with Crippen molar-refractivity contribution in [2.75, 3.05) is 7.11 Å². The molecule has 0 spiro atoms. The van der Waals surface area contributed by atoms with E-state index < -0.39 is 17.7 Å². The maximum Gasteiger partial charge on any atom is 0.416 e. The molecule has 1 aromatic heterocycles. The largest absolute Gasteiger partial charge is 0.464 e. The van der Waals surface area contributed by atoms with Gasteiger partial charge in [-0.2, -0.15) is 18.3 Å². The highest BCUT2D eigenvalue weighted by atomic mass is 35.5. The number of carbonyl (C=O) groups is 1. The number of methoxy groups -OCH3 is 1. The summed E-state index contributed by atoms with van der Waals surface area (Å²) in [5.74, 6) is -0.682. The van der Waals surface area contributed by atoms with Gasteiger partial charge < -0.3 is 4.74 Å². The standard InChI is InChI=1S/C16H10ClF3N2O2/c1-24-15(23)14-13-11(17)3-2-4-12(13)22(21-14)10-7-5-9(6-8-10)16(18,19)20/h2-8H,1H3. The van der Waals surface area contributed by atoms with Crippen LogP contribution in [0.4, 0.5) is 13.2 Å². The highest BCUT2D eigenvalue weighted by Gasteiger charge is 2.30. The maximum absolute atomic E-state index is 12.7. The number of ether oxygens (including phenoxy) is 1. The Morgan fingerprint density at radius 3 is 2.42 bits per heavy atom. The van der Waals surface area contributed by atoms with Crippen molar-refractivity contribution in [1.82, 2.24) is 9.78 Å². The van der Waals surface area contributed by atoms with Crippen molar-refractivity contribution < 1.29 is 22.7 Å². The number of fused-ring (bicyclic) bond motifs is 1. The van der Waals surface area contributed by atoms with Gasteiger partial charge in [0.2, 0.25) is 0 Å². The molecule has 0 aliphatic rings. The molecule has 3 aromatic rings. The number of hydrogen-bond acceptors (Lipinski definition) is 3. The third-order valence-corrected chi connectivity index (χ3v) is 3.79. The molecule has 0 amide bonds. The molecule has 0 N–H and O–H groups in total. The molecule has 4 nitrogen and oxygen atoms in total. The van der Waals surface area contributed by atoms with E-state index in [2.05, 4.69) is 5.10 Å². The van der Waals surface area contributed by atoms with Crippen molar-refractivity contribution in [3.8, 4) is 5.69 Å². The molecule has 1 heterocycles. The van der Waals surface area contributed by atoms with Gasteiger partial charge >= 0.3 is 12.1 Å². The fourth-order valence-corrected chi connectivity index (χ4v) is 2.61. The van der Waals surface area contributed by atoms with Gasteiger partial charge in [-0.15, -0.1) is 0 Å². The average Bonchev–Trinajstić information content (AvgIpc) is 2.94. The molecule has 0 saturated carbocycles. The second kappa shape index (κ2) is 5.83. The van der Waals surface area contributed by atoms with Crippen LogP contribution < -0.4 is 0 Å². The quantitative estimate of drug-likeness (QED) is 0.637. The van der Waals surface area contributed by atoms with Gasteiger partial charge in [0.05, 0.1) is 34.3 Å². The van der Waals surface area contributed by atoms with E-state index in [1.807, 2.05) is 0 Å². The molecule has 0 bridgehead atoms. The zero-order valence-corrected chi connectivity index (χ0v) is 13.0. The lowest BCUT2D eigenvalue weighted by Gasteiger charge is -2.08. The summed E-state index contributed by atoms with van der Waals surface area (Å²) in [4.78, 5) is 11.9. The molecule has 8 heteroatoms. The summed E-state index contributed by atoms with van der Waals surface area (Å²) in [6.07, 6.45) is -4.43. The third kappa shape index (κ3) is 2.71. The Morgan fingerprint density at radius 2 is 1.83 bits per heavy atom. The summed E-state index contributed by atoms with van der Waals surface area (Å²) < 4.78 is 44.1. The Kier molecular flexibility index (Phi) is 3.96. The van der Waals surface area contributed by atoms with Crippen molar-refractivity contribution in [3.05, 3.63) is 58.7 Å². The third-order valence-electron chi connectivity index (χ3n) is 3.47. The first kappa shape index (κ1) is 16.3. The molecular weight excluding hydrogens is 345 g/mol. The summed E-state index contributed by atoms with van der Waals surface area (Å²) in [6, 6.07) is 9.37. The van der Waals surface area contributed by atoms with Gasteiger partial charge in [0.1, 0.15) is 0 Å². The zero-order valence-electron chi connectivity index (χ0n) is 12.3. The zero-order chi connectivity index (χ0) is 17.5. The Balaban J connectivity index is 2.20. The molecule has 0 atom stereocenters. The van der Waals surface area contributed by atoms with E-state index in [1.165, 1.54) is 23.9 Å². The number of benzene rings is 2. The lowest BCUT2D eigenvalue weighted by molar-refractivity contribution is -0.137. The maximum atomic E-state index is 12.7. The van der Waals surface area contributed by atoms with E-state index in [-0.39, 0.29) is 5.69 Å². The van der Waals surface area contributed by atoms with Crippen LogP contribution in [0.5, 0.6) is 0 Å². The predicted octanol–water partition coefficient (Wildman–Crippen LogP) is 4.48. The second-order valence-corrected chi connectivity index (χ2v) is 5.34. The number of nitrogens with zero attached hydrogens (tertiary/aromatic N) is 2. The highest BCUT2D eigenvalue weighted by molar-refractivity contribution is 6.36. The molecule has 0 aliphatic carbocycles. The number of hydrogen-bond donors (Lipinski definition) is 0. The van der Waals surface area contributed by atoms with Crippen LogP contribution in [0, 0.1) is 0 Å². The summed E-state index contributed by atoms with van der Waals surface area (Å²) in [7, 11) is 1.21. The smallest absolute Gasteiger partial charge is 0.416 e. The van der Waals surface area contributed by atoms with Crippen LogP contribution in [0.1, 0.15) is 16.1 Å². The molecule has 3 rings (SSSR count). The van der Waals surface area contributed by atoms with Gasteiger partial charge in [-0.3, -0.25) is 0 Å². The van der Waals surface area contributed by atoms with E-state index in [0.717, 1.165) is 12.1 Å². The number of alkyl halides is 3. The normalized spacial score (nSPS) is 11.7. The summed E-state index contributed by atoms with van der Waals surface area (Å²) in [6.45, 7) is 0. The first-order valence-corrected chi connectivity index (χ1v) is 7.14. The molecule has 24 heavy (non-hydrogen) atoms. The number of rotatable bonds is 2. The lowest BCUT2D eigenvalue weighted by atomic mass is 10.2. The van der Waals surface area contributed by atoms with E-state index in [0.29, 0.717) is 21.6 Å². The van der Waals surface area contributed by atoms with E-state index in [4.69, 9.17) is 16.3 Å². The van der Waals surface area contributed by atoms with Crippen LogP contribution in [-0.2, 0) is 10.9 Å². The molecular formula is C16H10ClF3N2O2. The van der Waals surface area contributed by atoms with Gasteiger partial charge in [0, 0.05) is 0 Å².